The summed E-state index contributed by atoms with van der Waals surface area (Å²) in [5.41, 5.74) is 7.51. The van der Waals surface area contributed by atoms with Crippen LogP contribution in [-0.4, -0.2) is 24.1 Å². The molecule has 0 aliphatic heterocycles. The van der Waals surface area contributed by atoms with Crippen molar-refractivity contribution in [1.82, 2.24) is 4.98 Å². The number of nitrogens with zero attached hydrogens (tertiary/aromatic N) is 1. The van der Waals surface area contributed by atoms with Crippen LogP contribution < -0.4 is 11.1 Å². The Balaban J connectivity index is 2.31. The van der Waals surface area contributed by atoms with Crippen molar-refractivity contribution in [3.63, 3.8) is 0 Å². The summed E-state index contributed by atoms with van der Waals surface area (Å²) in [5.74, 6) is 0.508. The van der Waals surface area contributed by atoms with E-state index in [4.69, 9.17) is 10.5 Å². The van der Waals surface area contributed by atoms with E-state index in [1.54, 1.807) is 13.1 Å². The SMILES string of the molecule is CCOC(=O)CCCNc1nccc(C)c1N. The molecule has 0 bridgehead atoms. The standard InChI is InChI=1S/C12H19N3O2/c1-3-17-10(16)5-4-7-14-12-11(13)9(2)6-8-15-12/h6,8H,3-5,7,13H2,1-2H3,(H,14,15). The highest BCUT2D eigenvalue weighted by atomic mass is 16.5. The lowest BCUT2D eigenvalue weighted by Gasteiger charge is -2.09. The first-order valence-electron chi connectivity index (χ1n) is 5.75. The zero-order valence-electron chi connectivity index (χ0n) is 10.3. The molecule has 0 fully saturated rings. The van der Waals surface area contributed by atoms with Crippen molar-refractivity contribution in [2.24, 2.45) is 0 Å². The maximum absolute atomic E-state index is 11.1. The van der Waals surface area contributed by atoms with E-state index in [-0.39, 0.29) is 5.97 Å². The smallest absolute Gasteiger partial charge is 0.305 e. The van der Waals surface area contributed by atoms with Crippen molar-refractivity contribution in [2.75, 3.05) is 24.2 Å². The Hall–Kier alpha value is -1.78. The maximum atomic E-state index is 11.1. The van der Waals surface area contributed by atoms with Gasteiger partial charge in [0, 0.05) is 19.2 Å². The highest BCUT2D eigenvalue weighted by Gasteiger charge is 2.04. The number of ether oxygens (including phenoxy) is 1. The quantitative estimate of drug-likeness (QED) is 0.582. The Morgan fingerprint density at radius 3 is 3.06 bits per heavy atom. The molecule has 3 N–H and O–H groups in total. The number of carbonyl (C=O) groups is 1. The third kappa shape index (κ3) is 4.30. The molecule has 0 saturated heterocycles. The van der Waals surface area contributed by atoms with Crippen LogP contribution in [0, 0.1) is 6.92 Å². The van der Waals surface area contributed by atoms with Crippen molar-refractivity contribution < 1.29 is 9.53 Å². The molecule has 5 heteroatoms. The van der Waals surface area contributed by atoms with Crippen LogP contribution in [0.15, 0.2) is 12.3 Å². The van der Waals surface area contributed by atoms with Gasteiger partial charge < -0.3 is 15.8 Å². The number of nitrogen functional groups attached to an aromatic ring is 1. The third-order valence-corrected chi connectivity index (χ3v) is 2.36. The zero-order valence-corrected chi connectivity index (χ0v) is 10.3. The van der Waals surface area contributed by atoms with Crippen LogP contribution in [0.1, 0.15) is 25.3 Å². The number of pyridine rings is 1. The van der Waals surface area contributed by atoms with Crippen LogP contribution in [0.3, 0.4) is 0 Å². The van der Waals surface area contributed by atoms with E-state index in [1.807, 2.05) is 13.0 Å². The molecule has 0 aliphatic carbocycles. The van der Waals surface area contributed by atoms with Crippen molar-refractivity contribution in [3.8, 4) is 0 Å². The van der Waals surface area contributed by atoms with Gasteiger partial charge in [0.25, 0.3) is 0 Å². The molecule has 0 atom stereocenters. The Morgan fingerprint density at radius 1 is 1.59 bits per heavy atom. The molecule has 0 amide bonds. The summed E-state index contributed by atoms with van der Waals surface area (Å²) in [6.07, 6.45) is 2.82. The fourth-order valence-electron chi connectivity index (χ4n) is 1.38. The normalized spacial score (nSPS) is 10.0. The Morgan fingerprint density at radius 2 is 2.35 bits per heavy atom. The lowest BCUT2D eigenvalue weighted by Crippen LogP contribution is -2.10. The van der Waals surface area contributed by atoms with E-state index in [9.17, 15) is 4.79 Å². The van der Waals surface area contributed by atoms with E-state index >= 15 is 0 Å². The Labute approximate surface area is 101 Å². The minimum absolute atomic E-state index is 0.167. The van der Waals surface area contributed by atoms with E-state index in [0.717, 1.165) is 5.56 Å². The number of hydrogen-bond donors (Lipinski definition) is 2. The number of anilines is 2. The summed E-state index contributed by atoms with van der Waals surface area (Å²) >= 11 is 0. The molecule has 0 saturated carbocycles. The second-order valence-electron chi connectivity index (χ2n) is 3.73. The number of aryl methyl sites for hydroxylation is 1. The van der Waals surface area contributed by atoms with Gasteiger partial charge >= 0.3 is 5.97 Å². The van der Waals surface area contributed by atoms with E-state index in [1.165, 1.54) is 0 Å². The molecule has 0 aliphatic rings. The van der Waals surface area contributed by atoms with Crippen LogP contribution >= 0.6 is 0 Å². The molecule has 0 radical (unpaired) electrons. The first-order valence-corrected chi connectivity index (χ1v) is 5.75. The van der Waals surface area contributed by atoms with Gasteiger partial charge in [0.2, 0.25) is 0 Å². The van der Waals surface area contributed by atoms with Gasteiger partial charge in [-0.1, -0.05) is 0 Å². The van der Waals surface area contributed by atoms with Crippen molar-refractivity contribution in [2.45, 2.75) is 26.7 Å². The van der Waals surface area contributed by atoms with Gasteiger partial charge in [-0.3, -0.25) is 4.79 Å². The minimum atomic E-state index is -0.167. The monoisotopic (exact) mass is 237 g/mol. The summed E-state index contributed by atoms with van der Waals surface area (Å²) < 4.78 is 4.83. The molecule has 1 aromatic heterocycles. The zero-order chi connectivity index (χ0) is 12.7. The number of esters is 1. The molecule has 5 nitrogen and oxygen atoms in total. The topological polar surface area (TPSA) is 77.2 Å². The second kappa shape index (κ2) is 6.73. The molecule has 1 rings (SSSR count). The molecule has 0 unspecified atom stereocenters. The largest absolute Gasteiger partial charge is 0.466 e. The predicted molar refractivity (Wildman–Crippen MR) is 67.7 cm³/mol. The average Bonchev–Trinajstić information content (AvgIpc) is 2.30. The van der Waals surface area contributed by atoms with Gasteiger partial charge in [-0.15, -0.1) is 0 Å². The number of hydrogen-bond acceptors (Lipinski definition) is 5. The van der Waals surface area contributed by atoms with E-state index in [2.05, 4.69) is 10.3 Å². The Bertz CT molecular complexity index is 380. The number of nitrogens with two attached hydrogens (primary N) is 1. The summed E-state index contributed by atoms with van der Waals surface area (Å²) in [5, 5.41) is 3.11. The molecule has 94 valence electrons. The van der Waals surface area contributed by atoms with Gasteiger partial charge in [0.1, 0.15) is 5.82 Å². The summed E-state index contributed by atoms with van der Waals surface area (Å²) in [6.45, 7) is 4.81. The van der Waals surface area contributed by atoms with Crippen LogP contribution in [-0.2, 0) is 9.53 Å². The molecular formula is C12H19N3O2. The maximum Gasteiger partial charge on any atom is 0.305 e. The van der Waals surface area contributed by atoms with Gasteiger partial charge in [-0.2, -0.15) is 0 Å². The van der Waals surface area contributed by atoms with Crippen LogP contribution in [0.4, 0.5) is 11.5 Å². The molecule has 1 aromatic rings. The first-order chi connectivity index (χ1) is 8.15. The van der Waals surface area contributed by atoms with Gasteiger partial charge in [0.15, 0.2) is 0 Å². The lowest BCUT2D eigenvalue weighted by molar-refractivity contribution is -0.143. The lowest BCUT2D eigenvalue weighted by atomic mass is 10.2. The van der Waals surface area contributed by atoms with E-state index < -0.39 is 0 Å². The molecule has 17 heavy (non-hydrogen) atoms. The minimum Gasteiger partial charge on any atom is -0.466 e. The summed E-state index contributed by atoms with van der Waals surface area (Å²) in [7, 11) is 0. The predicted octanol–water partition coefficient (Wildman–Crippen LogP) is 1.73. The number of aromatic nitrogens is 1. The molecule has 1 heterocycles. The fraction of sp³-hybridized carbons (Fsp3) is 0.500. The van der Waals surface area contributed by atoms with E-state index in [0.29, 0.717) is 37.5 Å². The fourth-order valence-corrected chi connectivity index (χ4v) is 1.38. The van der Waals surface area contributed by atoms with Crippen molar-refractivity contribution in [3.05, 3.63) is 17.8 Å². The summed E-state index contributed by atoms with van der Waals surface area (Å²) in [4.78, 5) is 15.2. The van der Waals surface area contributed by atoms with Crippen LogP contribution in [0.2, 0.25) is 0 Å². The van der Waals surface area contributed by atoms with Gasteiger partial charge in [-0.25, -0.2) is 4.98 Å². The average molecular weight is 237 g/mol. The Kier molecular flexibility index (Phi) is 5.26. The van der Waals surface area contributed by atoms with Crippen LogP contribution in [0.25, 0.3) is 0 Å². The third-order valence-electron chi connectivity index (χ3n) is 2.36. The van der Waals surface area contributed by atoms with Gasteiger partial charge in [0.05, 0.1) is 12.3 Å². The number of nitrogens with one attached hydrogen (secondary N) is 1. The highest BCUT2D eigenvalue weighted by molar-refractivity contribution is 5.69. The van der Waals surface area contributed by atoms with Crippen molar-refractivity contribution >= 4 is 17.5 Å². The highest BCUT2D eigenvalue weighted by Crippen LogP contribution is 2.18. The first kappa shape index (κ1) is 13.3. The van der Waals surface area contributed by atoms with Crippen molar-refractivity contribution in [1.29, 1.82) is 0 Å². The molecule has 0 spiro atoms. The van der Waals surface area contributed by atoms with Gasteiger partial charge in [-0.05, 0) is 31.9 Å². The molecular weight excluding hydrogens is 218 g/mol. The van der Waals surface area contributed by atoms with Crippen LogP contribution in [0.5, 0.6) is 0 Å². The number of rotatable bonds is 6. The second-order valence-corrected chi connectivity index (χ2v) is 3.73. The summed E-state index contributed by atoms with van der Waals surface area (Å²) in [6, 6.07) is 1.86. The number of carbonyl (C=O) groups excluding carboxylic acids is 1. The molecule has 0 aromatic carbocycles.